The summed E-state index contributed by atoms with van der Waals surface area (Å²) in [5.74, 6) is 1.41. The largest absolute Gasteiger partial charge is 0.339 e. The fourth-order valence-electron chi connectivity index (χ4n) is 2.19. The fraction of sp³-hybridized carbons (Fsp3) is 0.636. The van der Waals surface area contributed by atoms with Gasteiger partial charge >= 0.3 is 0 Å². The molecular formula is C11H18N4. The van der Waals surface area contributed by atoms with Gasteiger partial charge in [0.2, 0.25) is 5.95 Å². The molecule has 0 unspecified atom stereocenters. The van der Waals surface area contributed by atoms with Crippen molar-refractivity contribution in [2.75, 3.05) is 18.0 Å². The van der Waals surface area contributed by atoms with Crippen LogP contribution < -0.4 is 10.6 Å². The number of nitrogens with two attached hydrogens (primary N) is 1. The highest BCUT2D eigenvalue weighted by Gasteiger charge is 2.30. The first-order valence-corrected chi connectivity index (χ1v) is 5.58. The Bertz CT molecular complexity index is 301. The smallest absolute Gasteiger partial charge is 0.225 e. The molecular weight excluding hydrogens is 188 g/mol. The number of hydrogen-bond acceptors (Lipinski definition) is 4. The average Bonchev–Trinajstić information content (AvgIpc) is 2.63. The molecule has 0 radical (unpaired) electrons. The Morgan fingerprint density at radius 2 is 2.13 bits per heavy atom. The van der Waals surface area contributed by atoms with Crippen LogP contribution in [0, 0.1) is 5.92 Å². The summed E-state index contributed by atoms with van der Waals surface area (Å²) >= 11 is 0. The molecule has 0 aromatic carbocycles. The van der Waals surface area contributed by atoms with Crippen molar-refractivity contribution >= 4 is 5.95 Å². The molecule has 15 heavy (non-hydrogen) atoms. The zero-order valence-electron chi connectivity index (χ0n) is 9.13. The van der Waals surface area contributed by atoms with E-state index in [1.54, 1.807) is 12.4 Å². The second kappa shape index (κ2) is 4.57. The maximum atomic E-state index is 6.10. The topological polar surface area (TPSA) is 55.0 Å². The summed E-state index contributed by atoms with van der Waals surface area (Å²) in [7, 11) is 0. The van der Waals surface area contributed by atoms with Crippen LogP contribution in [0.4, 0.5) is 5.95 Å². The van der Waals surface area contributed by atoms with Gasteiger partial charge in [0.1, 0.15) is 0 Å². The number of anilines is 1. The van der Waals surface area contributed by atoms with Crippen molar-refractivity contribution in [1.29, 1.82) is 0 Å². The van der Waals surface area contributed by atoms with Gasteiger partial charge in [0.05, 0.1) is 0 Å². The van der Waals surface area contributed by atoms with Gasteiger partial charge < -0.3 is 10.6 Å². The summed E-state index contributed by atoms with van der Waals surface area (Å²) in [6.45, 7) is 4.09. The van der Waals surface area contributed by atoms with Crippen molar-refractivity contribution in [3.05, 3.63) is 18.5 Å². The average molecular weight is 206 g/mol. The highest BCUT2D eigenvalue weighted by Crippen LogP contribution is 2.22. The highest BCUT2D eigenvalue weighted by molar-refractivity contribution is 5.31. The Labute approximate surface area is 90.5 Å². The zero-order valence-corrected chi connectivity index (χ0v) is 9.13. The third-order valence-electron chi connectivity index (χ3n) is 2.99. The summed E-state index contributed by atoms with van der Waals surface area (Å²) in [6.07, 6.45) is 5.95. The minimum absolute atomic E-state index is 0.272. The summed E-state index contributed by atoms with van der Waals surface area (Å²) < 4.78 is 0. The Hall–Kier alpha value is -1.16. The second-order valence-corrected chi connectivity index (χ2v) is 4.17. The lowest BCUT2D eigenvalue weighted by atomic mass is 9.99. The maximum absolute atomic E-state index is 6.10. The fourth-order valence-corrected chi connectivity index (χ4v) is 2.19. The van der Waals surface area contributed by atoms with E-state index in [9.17, 15) is 0 Å². The normalized spacial score (nSPS) is 25.9. The van der Waals surface area contributed by atoms with Gasteiger partial charge in [-0.05, 0) is 18.4 Å². The quantitative estimate of drug-likeness (QED) is 0.803. The van der Waals surface area contributed by atoms with Gasteiger partial charge in [0, 0.05) is 31.5 Å². The van der Waals surface area contributed by atoms with Crippen LogP contribution in [0.1, 0.15) is 19.8 Å². The first-order valence-electron chi connectivity index (χ1n) is 5.58. The third-order valence-corrected chi connectivity index (χ3v) is 2.99. The highest BCUT2D eigenvalue weighted by atomic mass is 15.3. The summed E-state index contributed by atoms with van der Waals surface area (Å²) in [5.41, 5.74) is 6.10. The minimum atomic E-state index is 0.272. The Balaban J connectivity index is 2.03. The Morgan fingerprint density at radius 3 is 2.80 bits per heavy atom. The predicted molar refractivity (Wildman–Crippen MR) is 60.6 cm³/mol. The molecule has 2 rings (SSSR count). The molecule has 0 spiro atoms. The SMILES string of the molecule is CCC[C@H]1CN(c2ncccn2)C[C@@H]1N. The van der Waals surface area contributed by atoms with Crippen LogP contribution in [0.15, 0.2) is 18.5 Å². The molecule has 4 heteroatoms. The zero-order chi connectivity index (χ0) is 10.7. The van der Waals surface area contributed by atoms with Gasteiger partial charge in [-0.15, -0.1) is 0 Å². The van der Waals surface area contributed by atoms with E-state index in [0.29, 0.717) is 5.92 Å². The molecule has 0 saturated carbocycles. The van der Waals surface area contributed by atoms with E-state index in [0.717, 1.165) is 19.0 Å². The predicted octanol–water partition coefficient (Wildman–Crippen LogP) is 1.04. The molecule has 1 aromatic heterocycles. The standard InChI is InChI=1S/C11H18N4/c1-2-4-9-7-15(8-10(9)12)11-13-5-3-6-14-11/h3,5-6,9-10H,2,4,7-8,12H2,1H3/t9-,10-/m0/s1. The van der Waals surface area contributed by atoms with E-state index in [-0.39, 0.29) is 6.04 Å². The van der Waals surface area contributed by atoms with E-state index < -0.39 is 0 Å². The van der Waals surface area contributed by atoms with Gasteiger partial charge in [0.15, 0.2) is 0 Å². The molecule has 1 aromatic rings. The Morgan fingerprint density at radius 1 is 1.40 bits per heavy atom. The number of hydrogen-bond donors (Lipinski definition) is 1. The van der Waals surface area contributed by atoms with Gasteiger partial charge in [-0.2, -0.15) is 0 Å². The third kappa shape index (κ3) is 2.26. The number of nitrogens with zero attached hydrogens (tertiary/aromatic N) is 3. The molecule has 0 amide bonds. The molecule has 2 N–H and O–H groups in total. The van der Waals surface area contributed by atoms with Gasteiger partial charge in [-0.1, -0.05) is 13.3 Å². The minimum Gasteiger partial charge on any atom is -0.339 e. The van der Waals surface area contributed by atoms with Crippen LogP contribution in [0.25, 0.3) is 0 Å². The maximum Gasteiger partial charge on any atom is 0.225 e. The lowest BCUT2D eigenvalue weighted by Gasteiger charge is -2.14. The van der Waals surface area contributed by atoms with E-state index in [4.69, 9.17) is 5.73 Å². The van der Waals surface area contributed by atoms with E-state index in [1.807, 2.05) is 6.07 Å². The van der Waals surface area contributed by atoms with Crippen molar-refractivity contribution < 1.29 is 0 Å². The molecule has 82 valence electrons. The van der Waals surface area contributed by atoms with Crippen LogP contribution in [0.3, 0.4) is 0 Å². The summed E-state index contributed by atoms with van der Waals surface area (Å²) in [4.78, 5) is 10.7. The van der Waals surface area contributed by atoms with Crippen LogP contribution >= 0.6 is 0 Å². The monoisotopic (exact) mass is 206 g/mol. The molecule has 4 nitrogen and oxygen atoms in total. The van der Waals surface area contributed by atoms with E-state index in [1.165, 1.54) is 12.8 Å². The van der Waals surface area contributed by atoms with Crippen molar-refractivity contribution in [3.8, 4) is 0 Å². The van der Waals surface area contributed by atoms with Crippen molar-refractivity contribution in [2.24, 2.45) is 11.7 Å². The Kier molecular flexibility index (Phi) is 3.16. The van der Waals surface area contributed by atoms with Crippen molar-refractivity contribution in [1.82, 2.24) is 9.97 Å². The number of rotatable bonds is 3. The lowest BCUT2D eigenvalue weighted by molar-refractivity contribution is 0.472. The molecule has 1 fully saturated rings. The van der Waals surface area contributed by atoms with E-state index >= 15 is 0 Å². The number of aromatic nitrogens is 2. The van der Waals surface area contributed by atoms with Crippen LogP contribution in [0.2, 0.25) is 0 Å². The van der Waals surface area contributed by atoms with Crippen LogP contribution in [-0.2, 0) is 0 Å². The van der Waals surface area contributed by atoms with Crippen molar-refractivity contribution in [3.63, 3.8) is 0 Å². The summed E-state index contributed by atoms with van der Waals surface area (Å²) in [6, 6.07) is 2.11. The molecule has 2 heterocycles. The molecule has 1 aliphatic heterocycles. The first kappa shape index (κ1) is 10.4. The molecule has 0 aliphatic carbocycles. The molecule has 0 bridgehead atoms. The van der Waals surface area contributed by atoms with Gasteiger partial charge in [0.25, 0.3) is 0 Å². The second-order valence-electron chi connectivity index (χ2n) is 4.17. The van der Waals surface area contributed by atoms with E-state index in [2.05, 4.69) is 21.8 Å². The molecule has 1 saturated heterocycles. The van der Waals surface area contributed by atoms with Crippen LogP contribution in [-0.4, -0.2) is 29.1 Å². The summed E-state index contributed by atoms with van der Waals surface area (Å²) in [5, 5.41) is 0. The molecule has 2 atom stereocenters. The lowest BCUT2D eigenvalue weighted by Crippen LogP contribution is -2.29. The van der Waals surface area contributed by atoms with Gasteiger partial charge in [-0.3, -0.25) is 0 Å². The van der Waals surface area contributed by atoms with Gasteiger partial charge in [-0.25, -0.2) is 9.97 Å². The first-order chi connectivity index (χ1) is 7.31. The van der Waals surface area contributed by atoms with Crippen LogP contribution in [0.5, 0.6) is 0 Å². The molecule has 1 aliphatic rings. The van der Waals surface area contributed by atoms with Crippen molar-refractivity contribution in [2.45, 2.75) is 25.8 Å².